The van der Waals surface area contributed by atoms with E-state index in [9.17, 15) is 4.79 Å². The zero-order valence-electron chi connectivity index (χ0n) is 11.3. The summed E-state index contributed by atoms with van der Waals surface area (Å²) in [6.07, 6.45) is 2.54. The van der Waals surface area contributed by atoms with Gasteiger partial charge in [-0.25, -0.2) is 4.79 Å². The highest BCUT2D eigenvalue weighted by Crippen LogP contribution is 2.29. The van der Waals surface area contributed by atoms with E-state index in [1.54, 1.807) is 0 Å². The maximum Gasteiger partial charge on any atom is 0.327 e. The summed E-state index contributed by atoms with van der Waals surface area (Å²) < 4.78 is 4.91. The van der Waals surface area contributed by atoms with Gasteiger partial charge in [0.05, 0.1) is 7.11 Å². The molecule has 1 fully saturated rings. The van der Waals surface area contributed by atoms with Crippen molar-refractivity contribution in [2.24, 2.45) is 5.92 Å². The van der Waals surface area contributed by atoms with Crippen molar-refractivity contribution >= 4 is 5.97 Å². The average molecular weight is 247 g/mol. The molecule has 2 rings (SSSR count). The predicted molar refractivity (Wildman–Crippen MR) is 71.4 cm³/mol. The first kappa shape index (κ1) is 13.1. The van der Waals surface area contributed by atoms with Crippen molar-refractivity contribution in [2.45, 2.75) is 32.7 Å². The van der Waals surface area contributed by atoms with Crippen molar-refractivity contribution in [2.75, 3.05) is 13.7 Å². The number of benzene rings is 1. The molecule has 0 saturated heterocycles. The van der Waals surface area contributed by atoms with E-state index in [2.05, 4.69) is 25.2 Å². The molecule has 18 heavy (non-hydrogen) atoms. The van der Waals surface area contributed by atoms with E-state index in [1.165, 1.54) is 25.5 Å². The van der Waals surface area contributed by atoms with E-state index in [4.69, 9.17) is 4.74 Å². The Bertz CT molecular complexity index is 438. The van der Waals surface area contributed by atoms with Crippen molar-refractivity contribution in [3.63, 3.8) is 0 Å². The summed E-state index contributed by atoms with van der Waals surface area (Å²) in [6, 6.07) is 5.72. The monoisotopic (exact) mass is 247 g/mol. The largest absolute Gasteiger partial charge is 0.468 e. The molecule has 1 aliphatic rings. The number of nitrogens with one attached hydrogen (secondary N) is 1. The molecule has 1 atom stereocenters. The minimum Gasteiger partial charge on any atom is -0.468 e. The maximum absolute atomic E-state index is 11.9. The quantitative estimate of drug-likeness (QED) is 0.812. The van der Waals surface area contributed by atoms with Crippen LogP contribution in [0.25, 0.3) is 0 Å². The zero-order chi connectivity index (χ0) is 13.1. The molecule has 1 N–H and O–H groups in total. The number of hydrogen-bond donors (Lipinski definition) is 1. The summed E-state index contributed by atoms with van der Waals surface area (Å²) >= 11 is 0. The Hall–Kier alpha value is -1.35. The summed E-state index contributed by atoms with van der Waals surface area (Å²) in [6.45, 7) is 5.01. The highest BCUT2D eigenvalue weighted by molar-refractivity contribution is 5.78. The molecule has 1 aromatic carbocycles. The van der Waals surface area contributed by atoms with Gasteiger partial charge in [0.1, 0.15) is 6.04 Å². The second-order valence-corrected chi connectivity index (χ2v) is 5.10. The van der Waals surface area contributed by atoms with Crippen LogP contribution in [0.2, 0.25) is 0 Å². The lowest BCUT2D eigenvalue weighted by Crippen LogP contribution is -2.31. The van der Waals surface area contributed by atoms with Crippen LogP contribution < -0.4 is 5.32 Å². The highest BCUT2D eigenvalue weighted by Gasteiger charge is 2.27. The molecule has 1 aliphatic carbocycles. The normalized spacial score (nSPS) is 16.4. The second-order valence-electron chi connectivity index (χ2n) is 5.10. The van der Waals surface area contributed by atoms with Crippen molar-refractivity contribution in [1.29, 1.82) is 0 Å². The topological polar surface area (TPSA) is 38.3 Å². The van der Waals surface area contributed by atoms with E-state index in [0.29, 0.717) is 0 Å². The fraction of sp³-hybridized carbons (Fsp3) is 0.533. The Kier molecular flexibility index (Phi) is 4.02. The van der Waals surface area contributed by atoms with Crippen LogP contribution >= 0.6 is 0 Å². The Morgan fingerprint density at radius 1 is 1.44 bits per heavy atom. The minimum atomic E-state index is -0.338. The van der Waals surface area contributed by atoms with Gasteiger partial charge in [0, 0.05) is 0 Å². The fourth-order valence-corrected chi connectivity index (χ4v) is 2.13. The van der Waals surface area contributed by atoms with Gasteiger partial charge < -0.3 is 10.1 Å². The molecule has 0 aromatic heterocycles. The number of ether oxygens (including phenoxy) is 1. The lowest BCUT2D eigenvalue weighted by atomic mass is 9.97. The van der Waals surface area contributed by atoms with Crippen LogP contribution in [0.3, 0.4) is 0 Å². The zero-order valence-corrected chi connectivity index (χ0v) is 11.3. The third-order valence-electron chi connectivity index (χ3n) is 3.70. The van der Waals surface area contributed by atoms with Gasteiger partial charge in [0.2, 0.25) is 0 Å². The first-order valence-electron chi connectivity index (χ1n) is 6.50. The van der Waals surface area contributed by atoms with Crippen LogP contribution in [-0.2, 0) is 9.53 Å². The minimum absolute atomic E-state index is 0.204. The number of aryl methyl sites for hydroxylation is 1. The predicted octanol–water partition coefficient (Wildman–Crippen LogP) is 2.52. The first-order valence-corrected chi connectivity index (χ1v) is 6.50. The average Bonchev–Trinajstić information content (AvgIpc) is 3.18. The van der Waals surface area contributed by atoms with Crippen LogP contribution in [0.1, 0.15) is 35.6 Å². The number of rotatable bonds is 5. The van der Waals surface area contributed by atoms with Gasteiger partial charge in [0.15, 0.2) is 0 Å². The first-order chi connectivity index (χ1) is 8.63. The third-order valence-corrected chi connectivity index (χ3v) is 3.70. The number of carbonyl (C=O) groups is 1. The number of hydrogen-bond acceptors (Lipinski definition) is 3. The van der Waals surface area contributed by atoms with Crippen molar-refractivity contribution < 1.29 is 9.53 Å². The maximum atomic E-state index is 11.9. The van der Waals surface area contributed by atoms with E-state index in [1.807, 2.05) is 12.1 Å². The van der Waals surface area contributed by atoms with Crippen molar-refractivity contribution in [3.05, 3.63) is 34.9 Å². The van der Waals surface area contributed by atoms with Gasteiger partial charge in [-0.1, -0.05) is 18.2 Å². The second kappa shape index (κ2) is 5.53. The van der Waals surface area contributed by atoms with Crippen LogP contribution in [-0.4, -0.2) is 19.6 Å². The summed E-state index contributed by atoms with van der Waals surface area (Å²) in [5, 5.41) is 3.34. The molecule has 0 heterocycles. The molecule has 98 valence electrons. The molecular weight excluding hydrogens is 226 g/mol. The van der Waals surface area contributed by atoms with E-state index in [0.717, 1.165) is 23.6 Å². The third kappa shape index (κ3) is 2.91. The molecule has 1 saturated carbocycles. The van der Waals surface area contributed by atoms with E-state index in [-0.39, 0.29) is 12.0 Å². The smallest absolute Gasteiger partial charge is 0.327 e. The fourth-order valence-electron chi connectivity index (χ4n) is 2.13. The standard InChI is InChI=1S/C15H21NO2/c1-10-5-4-6-13(11(10)2)14(15(17)18-3)16-9-12-7-8-12/h4-6,12,14,16H,7-9H2,1-3H3. The molecule has 0 radical (unpaired) electrons. The van der Waals surface area contributed by atoms with Gasteiger partial charge in [-0.15, -0.1) is 0 Å². The molecule has 3 heteroatoms. The number of methoxy groups -OCH3 is 1. The Morgan fingerprint density at radius 2 is 2.17 bits per heavy atom. The molecule has 1 unspecified atom stereocenters. The van der Waals surface area contributed by atoms with Gasteiger partial charge in [-0.2, -0.15) is 0 Å². The molecule has 3 nitrogen and oxygen atoms in total. The molecule has 0 aliphatic heterocycles. The summed E-state index contributed by atoms with van der Waals surface area (Å²) in [7, 11) is 1.44. The molecule has 0 spiro atoms. The van der Waals surface area contributed by atoms with Crippen LogP contribution in [0, 0.1) is 19.8 Å². The van der Waals surface area contributed by atoms with E-state index < -0.39 is 0 Å². The van der Waals surface area contributed by atoms with Crippen molar-refractivity contribution in [1.82, 2.24) is 5.32 Å². The highest BCUT2D eigenvalue weighted by atomic mass is 16.5. The number of esters is 1. The van der Waals surface area contributed by atoms with Gasteiger partial charge >= 0.3 is 5.97 Å². The van der Waals surface area contributed by atoms with Crippen molar-refractivity contribution in [3.8, 4) is 0 Å². The Morgan fingerprint density at radius 3 is 2.78 bits per heavy atom. The summed E-state index contributed by atoms with van der Waals surface area (Å²) in [5.41, 5.74) is 3.40. The molecule has 0 amide bonds. The van der Waals surface area contributed by atoms with E-state index >= 15 is 0 Å². The van der Waals surface area contributed by atoms with Gasteiger partial charge in [0.25, 0.3) is 0 Å². The lowest BCUT2D eigenvalue weighted by Gasteiger charge is -2.19. The lowest BCUT2D eigenvalue weighted by molar-refractivity contribution is -0.143. The molecular formula is C15H21NO2. The van der Waals surface area contributed by atoms with Crippen LogP contribution in [0.4, 0.5) is 0 Å². The number of carbonyl (C=O) groups excluding carboxylic acids is 1. The van der Waals surface area contributed by atoms with Gasteiger partial charge in [-0.3, -0.25) is 0 Å². The summed E-state index contributed by atoms with van der Waals surface area (Å²) in [5.74, 6) is 0.534. The summed E-state index contributed by atoms with van der Waals surface area (Å²) in [4.78, 5) is 11.9. The SMILES string of the molecule is COC(=O)C(NCC1CC1)c1cccc(C)c1C. The van der Waals surface area contributed by atoms with Crippen LogP contribution in [0.5, 0.6) is 0 Å². The Balaban J connectivity index is 2.20. The Labute approximate surface area is 109 Å². The van der Waals surface area contributed by atoms with Crippen LogP contribution in [0.15, 0.2) is 18.2 Å². The molecule has 0 bridgehead atoms. The molecule has 1 aromatic rings. The van der Waals surface area contributed by atoms with Gasteiger partial charge in [-0.05, 0) is 55.8 Å².